The SMILES string of the molecule is COc1ccccc1CS(=O)(=O)C(C)CN. The van der Waals surface area contributed by atoms with Gasteiger partial charge in [0.2, 0.25) is 0 Å². The quantitative estimate of drug-likeness (QED) is 0.836. The Bertz CT molecular complexity index is 442. The summed E-state index contributed by atoms with van der Waals surface area (Å²) >= 11 is 0. The molecule has 0 aliphatic rings. The molecule has 0 aliphatic heterocycles. The van der Waals surface area contributed by atoms with E-state index in [1.165, 1.54) is 7.11 Å². The zero-order chi connectivity index (χ0) is 12.2. The summed E-state index contributed by atoms with van der Waals surface area (Å²) in [6, 6.07) is 7.10. The van der Waals surface area contributed by atoms with E-state index < -0.39 is 15.1 Å². The van der Waals surface area contributed by atoms with Crippen LogP contribution >= 0.6 is 0 Å². The monoisotopic (exact) mass is 243 g/mol. The highest BCUT2D eigenvalue weighted by Gasteiger charge is 2.21. The summed E-state index contributed by atoms with van der Waals surface area (Å²) in [6.45, 7) is 1.75. The molecule has 0 saturated carbocycles. The van der Waals surface area contributed by atoms with Gasteiger partial charge >= 0.3 is 0 Å². The van der Waals surface area contributed by atoms with Crippen LogP contribution in [-0.2, 0) is 15.6 Å². The van der Waals surface area contributed by atoms with Crippen molar-refractivity contribution in [1.29, 1.82) is 0 Å². The van der Waals surface area contributed by atoms with Crippen molar-refractivity contribution < 1.29 is 13.2 Å². The summed E-state index contributed by atoms with van der Waals surface area (Å²) < 4.78 is 28.8. The van der Waals surface area contributed by atoms with E-state index in [1.807, 2.05) is 0 Å². The highest BCUT2D eigenvalue weighted by molar-refractivity contribution is 7.91. The molecule has 2 N–H and O–H groups in total. The maximum absolute atomic E-state index is 11.9. The number of methoxy groups -OCH3 is 1. The Morgan fingerprint density at radius 2 is 2.00 bits per heavy atom. The Balaban J connectivity index is 2.96. The van der Waals surface area contributed by atoms with E-state index in [1.54, 1.807) is 31.2 Å². The van der Waals surface area contributed by atoms with E-state index in [-0.39, 0.29) is 12.3 Å². The van der Waals surface area contributed by atoms with Gasteiger partial charge in [0, 0.05) is 12.1 Å². The number of nitrogens with two attached hydrogens (primary N) is 1. The molecule has 0 saturated heterocycles. The van der Waals surface area contributed by atoms with Gasteiger partial charge in [0.1, 0.15) is 5.75 Å². The lowest BCUT2D eigenvalue weighted by molar-refractivity contribution is 0.411. The first-order valence-corrected chi connectivity index (χ1v) is 6.76. The number of sulfone groups is 1. The van der Waals surface area contributed by atoms with Crippen LogP contribution in [0.5, 0.6) is 5.75 Å². The van der Waals surface area contributed by atoms with E-state index >= 15 is 0 Å². The van der Waals surface area contributed by atoms with Crippen LogP contribution in [0.4, 0.5) is 0 Å². The number of para-hydroxylation sites is 1. The van der Waals surface area contributed by atoms with Gasteiger partial charge in [-0.1, -0.05) is 18.2 Å². The molecule has 4 nitrogen and oxygen atoms in total. The van der Waals surface area contributed by atoms with Crippen LogP contribution in [0.15, 0.2) is 24.3 Å². The first-order chi connectivity index (χ1) is 7.51. The molecule has 0 aromatic heterocycles. The number of hydrogen-bond acceptors (Lipinski definition) is 4. The lowest BCUT2D eigenvalue weighted by Crippen LogP contribution is -2.27. The zero-order valence-electron chi connectivity index (χ0n) is 9.51. The van der Waals surface area contributed by atoms with E-state index in [9.17, 15) is 8.42 Å². The highest BCUT2D eigenvalue weighted by Crippen LogP contribution is 2.21. The molecular weight excluding hydrogens is 226 g/mol. The summed E-state index contributed by atoms with van der Waals surface area (Å²) in [4.78, 5) is 0. The van der Waals surface area contributed by atoms with Gasteiger partial charge in [0.25, 0.3) is 0 Å². The normalized spacial score (nSPS) is 13.4. The molecule has 5 heteroatoms. The smallest absolute Gasteiger partial charge is 0.158 e. The number of hydrogen-bond donors (Lipinski definition) is 1. The molecule has 1 atom stereocenters. The van der Waals surface area contributed by atoms with Gasteiger partial charge in [0.05, 0.1) is 18.1 Å². The van der Waals surface area contributed by atoms with Crippen LogP contribution in [0.25, 0.3) is 0 Å². The van der Waals surface area contributed by atoms with Crippen molar-refractivity contribution in [1.82, 2.24) is 0 Å². The van der Waals surface area contributed by atoms with Gasteiger partial charge < -0.3 is 10.5 Å². The molecule has 0 heterocycles. The highest BCUT2D eigenvalue weighted by atomic mass is 32.2. The first-order valence-electron chi connectivity index (χ1n) is 5.04. The first kappa shape index (κ1) is 13.0. The molecule has 0 fully saturated rings. The molecule has 1 unspecified atom stereocenters. The molecule has 0 radical (unpaired) electrons. The van der Waals surface area contributed by atoms with Crippen LogP contribution < -0.4 is 10.5 Å². The largest absolute Gasteiger partial charge is 0.496 e. The zero-order valence-corrected chi connectivity index (χ0v) is 10.3. The fourth-order valence-corrected chi connectivity index (χ4v) is 2.58. The minimum absolute atomic E-state index is 0.0324. The third kappa shape index (κ3) is 2.96. The molecule has 0 amide bonds. The molecule has 0 spiro atoms. The molecule has 0 aliphatic carbocycles. The average molecular weight is 243 g/mol. The predicted octanol–water partition coefficient (Wildman–Crippen LogP) is 0.957. The number of benzene rings is 1. The van der Waals surface area contributed by atoms with Gasteiger partial charge in [-0.05, 0) is 13.0 Å². The fourth-order valence-electron chi connectivity index (χ4n) is 1.33. The van der Waals surface area contributed by atoms with Gasteiger partial charge in [0.15, 0.2) is 9.84 Å². The Labute approximate surface area is 96.3 Å². The van der Waals surface area contributed by atoms with Gasteiger partial charge in [-0.3, -0.25) is 0 Å². The molecule has 16 heavy (non-hydrogen) atoms. The second-order valence-corrected chi connectivity index (χ2v) is 6.08. The van der Waals surface area contributed by atoms with Crippen molar-refractivity contribution in [2.45, 2.75) is 17.9 Å². The third-order valence-corrected chi connectivity index (χ3v) is 4.63. The van der Waals surface area contributed by atoms with Gasteiger partial charge in [-0.15, -0.1) is 0 Å². The maximum atomic E-state index is 11.9. The Kier molecular flexibility index (Phi) is 4.32. The van der Waals surface area contributed by atoms with Crippen molar-refractivity contribution in [2.75, 3.05) is 13.7 Å². The molecule has 1 rings (SSSR count). The van der Waals surface area contributed by atoms with E-state index in [4.69, 9.17) is 10.5 Å². The van der Waals surface area contributed by atoms with Gasteiger partial charge in [-0.25, -0.2) is 8.42 Å². The number of ether oxygens (including phenoxy) is 1. The van der Waals surface area contributed by atoms with E-state index in [0.717, 1.165) is 0 Å². The van der Waals surface area contributed by atoms with Crippen LogP contribution in [-0.4, -0.2) is 27.3 Å². The lowest BCUT2D eigenvalue weighted by Gasteiger charge is -2.12. The maximum Gasteiger partial charge on any atom is 0.158 e. The summed E-state index contributed by atoms with van der Waals surface area (Å²) in [5.74, 6) is 0.561. The van der Waals surface area contributed by atoms with Crippen LogP contribution in [0.3, 0.4) is 0 Å². The third-order valence-electron chi connectivity index (χ3n) is 2.49. The van der Waals surface area contributed by atoms with Crippen LogP contribution in [0, 0.1) is 0 Å². The summed E-state index contributed by atoms with van der Waals surface area (Å²) in [6.07, 6.45) is 0. The molecule has 1 aromatic rings. The van der Waals surface area contributed by atoms with Crippen molar-refractivity contribution in [2.24, 2.45) is 5.73 Å². The minimum atomic E-state index is -3.20. The fraction of sp³-hybridized carbons (Fsp3) is 0.455. The van der Waals surface area contributed by atoms with Crippen LogP contribution in [0.1, 0.15) is 12.5 Å². The lowest BCUT2D eigenvalue weighted by atomic mass is 10.2. The summed E-state index contributed by atoms with van der Waals surface area (Å²) in [5, 5.41) is -0.530. The van der Waals surface area contributed by atoms with Gasteiger partial charge in [-0.2, -0.15) is 0 Å². The van der Waals surface area contributed by atoms with Crippen molar-refractivity contribution in [3.05, 3.63) is 29.8 Å². The standard InChI is InChI=1S/C11H17NO3S/c1-9(7-12)16(13,14)8-10-5-3-4-6-11(10)15-2/h3-6,9H,7-8,12H2,1-2H3. The van der Waals surface area contributed by atoms with Crippen molar-refractivity contribution in [3.63, 3.8) is 0 Å². The van der Waals surface area contributed by atoms with E-state index in [0.29, 0.717) is 11.3 Å². The number of rotatable bonds is 5. The average Bonchev–Trinajstić information content (AvgIpc) is 2.28. The Hall–Kier alpha value is -1.07. The van der Waals surface area contributed by atoms with Crippen molar-refractivity contribution in [3.8, 4) is 5.75 Å². The van der Waals surface area contributed by atoms with E-state index in [2.05, 4.69) is 0 Å². The molecule has 0 bridgehead atoms. The van der Waals surface area contributed by atoms with Crippen LogP contribution in [0.2, 0.25) is 0 Å². The predicted molar refractivity (Wildman–Crippen MR) is 64.1 cm³/mol. The molecule has 90 valence electrons. The van der Waals surface area contributed by atoms with Crippen molar-refractivity contribution >= 4 is 9.84 Å². The topological polar surface area (TPSA) is 69.4 Å². The summed E-state index contributed by atoms with van der Waals surface area (Å²) in [7, 11) is -1.68. The Morgan fingerprint density at radius 3 is 2.56 bits per heavy atom. The summed E-state index contributed by atoms with van der Waals surface area (Å²) in [5.41, 5.74) is 6.04. The molecular formula is C11H17NO3S. The minimum Gasteiger partial charge on any atom is -0.496 e. The second kappa shape index (κ2) is 5.32. The Morgan fingerprint density at radius 1 is 1.38 bits per heavy atom. The second-order valence-electron chi connectivity index (χ2n) is 3.67. The molecule has 1 aromatic carbocycles.